The molecule has 0 amide bonds. The van der Waals surface area contributed by atoms with Crippen LogP contribution >= 0.6 is 15.9 Å². The van der Waals surface area contributed by atoms with Gasteiger partial charge in [-0.1, -0.05) is 11.2 Å². The molecule has 2 nitrogen and oxygen atoms in total. The largest absolute Gasteiger partial charge is 0.396 e. The van der Waals surface area contributed by atoms with Crippen molar-refractivity contribution in [2.45, 2.75) is 13.8 Å². The van der Waals surface area contributed by atoms with Gasteiger partial charge in [-0.2, -0.15) is 0 Å². The zero-order valence-corrected chi connectivity index (χ0v) is 7.18. The number of oxime groups is 1. The van der Waals surface area contributed by atoms with E-state index in [2.05, 4.69) is 21.1 Å². The van der Waals surface area contributed by atoms with Crippen molar-refractivity contribution in [3.63, 3.8) is 0 Å². The van der Waals surface area contributed by atoms with Crippen LogP contribution in [0.1, 0.15) is 13.8 Å². The number of hydrogen-bond acceptors (Lipinski definition) is 2. The first-order valence-corrected chi connectivity index (χ1v) is 3.57. The van der Waals surface area contributed by atoms with E-state index in [1.807, 2.05) is 19.9 Å². The van der Waals surface area contributed by atoms with Crippen LogP contribution in [0.15, 0.2) is 15.7 Å². The maximum Gasteiger partial charge on any atom is 0.114 e. The molecule has 0 fully saturated rings. The zero-order chi connectivity index (χ0) is 7.11. The quantitative estimate of drug-likeness (QED) is 0.496. The van der Waals surface area contributed by atoms with E-state index >= 15 is 0 Å². The normalized spacial score (nSPS) is 12.6. The molecule has 0 aliphatic heterocycles. The van der Waals surface area contributed by atoms with Crippen molar-refractivity contribution in [1.82, 2.24) is 0 Å². The second-order valence-corrected chi connectivity index (χ2v) is 2.24. The first-order chi connectivity index (χ1) is 4.31. The van der Waals surface area contributed by atoms with Crippen LogP contribution in [0, 0.1) is 0 Å². The molecule has 0 aromatic rings. The van der Waals surface area contributed by atoms with Gasteiger partial charge in [0.25, 0.3) is 0 Å². The molecule has 0 spiro atoms. The fourth-order valence-electron chi connectivity index (χ4n) is 0.237. The van der Waals surface area contributed by atoms with Gasteiger partial charge in [-0.25, -0.2) is 0 Å². The number of halogens is 1. The van der Waals surface area contributed by atoms with Crippen molar-refractivity contribution >= 4 is 22.1 Å². The van der Waals surface area contributed by atoms with Crippen molar-refractivity contribution in [1.29, 1.82) is 0 Å². The summed E-state index contributed by atoms with van der Waals surface area (Å²) >= 11 is 3.24. The lowest BCUT2D eigenvalue weighted by Gasteiger charge is -1.88. The Labute approximate surface area is 63.7 Å². The van der Waals surface area contributed by atoms with E-state index < -0.39 is 0 Å². The molecule has 0 aliphatic rings. The Hall–Kier alpha value is -0.310. The smallest absolute Gasteiger partial charge is 0.114 e. The monoisotopic (exact) mass is 191 g/mol. The molecule has 0 N–H and O–H groups in total. The van der Waals surface area contributed by atoms with E-state index in [4.69, 9.17) is 4.84 Å². The summed E-state index contributed by atoms with van der Waals surface area (Å²) in [5.41, 5.74) is 0. The summed E-state index contributed by atoms with van der Waals surface area (Å²) in [5.74, 6) is 0. The van der Waals surface area contributed by atoms with Crippen molar-refractivity contribution in [3.05, 3.63) is 10.6 Å². The highest BCUT2D eigenvalue weighted by Gasteiger charge is 1.78. The molecule has 9 heavy (non-hydrogen) atoms. The van der Waals surface area contributed by atoms with Crippen LogP contribution in [0.25, 0.3) is 0 Å². The fraction of sp³-hybridized carbons (Fsp3) is 0.500. The molecule has 0 radical (unpaired) electrons. The molecule has 0 atom stereocenters. The van der Waals surface area contributed by atoms with Crippen LogP contribution in [0.3, 0.4) is 0 Å². The maximum atomic E-state index is 4.70. The summed E-state index contributed by atoms with van der Waals surface area (Å²) in [5, 5.41) is 3.62. The number of rotatable bonds is 3. The molecule has 0 bridgehead atoms. The van der Waals surface area contributed by atoms with Crippen LogP contribution < -0.4 is 0 Å². The third kappa shape index (κ3) is 5.56. The highest BCUT2D eigenvalue weighted by Crippen LogP contribution is 1.98. The lowest BCUT2D eigenvalue weighted by Crippen LogP contribution is -1.79. The van der Waals surface area contributed by atoms with Crippen LogP contribution in [-0.4, -0.2) is 12.8 Å². The van der Waals surface area contributed by atoms with Crippen LogP contribution in [0.5, 0.6) is 0 Å². The van der Waals surface area contributed by atoms with Gasteiger partial charge in [-0.15, -0.1) is 0 Å². The third-order valence-corrected chi connectivity index (χ3v) is 1.32. The molecule has 52 valence electrons. The average molecular weight is 192 g/mol. The second kappa shape index (κ2) is 5.82. The Kier molecular flexibility index (Phi) is 5.62. The summed E-state index contributed by atoms with van der Waals surface area (Å²) in [6.07, 6.45) is 3.51. The fourth-order valence-corrected chi connectivity index (χ4v) is 0.320. The predicted octanol–water partition coefficient (Wildman–Crippen LogP) is 2.31. The highest BCUT2D eigenvalue weighted by atomic mass is 79.9. The molecule has 0 unspecified atom stereocenters. The minimum atomic E-state index is 0.612. The minimum absolute atomic E-state index is 0.612. The molecule has 0 rings (SSSR count). The van der Waals surface area contributed by atoms with Gasteiger partial charge in [-0.3, -0.25) is 0 Å². The summed E-state index contributed by atoms with van der Waals surface area (Å²) in [6, 6.07) is 0. The molecule has 0 aromatic carbocycles. The number of allylic oxidation sites excluding steroid dienone is 2. The molecule has 0 aliphatic carbocycles. The van der Waals surface area contributed by atoms with Gasteiger partial charge in [0.1, 0.15) is 6.61 Å². The Morgan fingerprint density at radius 2 is 2.44 bits per heavy atom. The average Bonchev–Trinajstić information content (AvgIpc) is 1.89. The minimum Gasteiger partial charge on any atom is -0.396 e. The van der Waals surface area contributed by atoms with Gasteiger partial charge in [0.05, 0.1) is 6.21 Å². The number of hydrogen-bond donors (Lipinski definition) is 0. The first kappa shape index (κ1) is 8.69. The lowest BCUT2D eigenvalue weighted by atomic mass is 10.6. The SMILES string of the molecule is C/C=C(Br)\C=N/OCC. The van der Waals surface area contributed by atoms with Crippen molar-refractivity contribution in [2.75, 3.05) is 6.61 Å². The van der Waals surface area contributed by atoms with E-state index in [0.29, 0.717) is 6.61 Å². The van der Waals surface area contributed by atoms with E-state index in [1.165, 1.54) is 0 Å². The first-order valence-electron chi connectivity index (χ1n) is 2.78. The summed E-state index contributed by atoms with van der Waals surface area (Å²) in [6.45, 7) is 4.42. The van der Waals surface area contributed by atoms with E-state index in [9.17, 15) is 0 Å². The molecule has 0 aromatic heterocycles. The standard InChI is InChI=1S/C6H10BrNO/c1-3-6(7)5-8-9-4-2/h3,5H,4H2,1-2H3/b6-3+,8-5-. The second-order valence-electron chi connectivity index (χ2n) is 1.33. The van der Waals surface area contributed by atoms with Gasteiger partial charge >= 0.3 is 0 Å². The Balaban J connectivity index is 3.45. The Morgan fingerprint density at radius 3 is 2.89 bits per heavy atom. The van der Waals surface area contributed by atoms with Gasteiger partial charge in [0.2, 0.25) is 0 Å². The Bertz CT molecular complexity index is 120. The lowest BCUT2D eigenvalue weighted by molar-refractivity contribution is 0.160. The van der Waals surface area contributed by atoms with Gasteiger partial charge < -0.3 is 4.84 Å². The molecule has 3 heteroatoms. The summed E-state index contributed by atoms with van der Waals surface area (Å²) in [4.78, 5) is 4.70. The van der Waals surface area contributed by atoms with Crippen molar-refractivity contribution in [2.24, 2.45) is 5.16 Å². The summed E-state index contributed by atoms with van der Waals surface area (Å²) < 4.78 is 0.927. The topological polar surface area (TPSA) is 21.6 Å². The molecular formula is C6H10BrNO. The molecule has 0 heterocycles. The molecular weight excluding hydrogens is 182 g/mol. The van der Waals surface area contributed by atoms with E-state index in [-0.39, 0.29) is 0 Å². The maximum absolute atomic E-state index is 4.70. The van der Waals surface area contributed by atoms with Gasteiger partial charge in [0, 0.05) is 4.48 Å². The van der Waals surface area contributed by atoms with Gasteiger partial charge in [-0.05, 0) is 29.8 Å². The van der Waals surface area contributed by atoms with Crippen LogP contribution in [0.2, 0.25) is 0 Å². The molecule has 0 saturated heterocycles. The number of nitrogens with zero attached hydrogens (tertiary/aromatic N) is 1. The summed E-state index contributed by atoms with van der Waals surface area (Å²) in [7, 11) is 0. The van der Waals surface area contributed by atoms with E-state index in [0.717, 1.165) is 4.48 Å². The van der Waals surface area contributed by atoms with Crippen molar-refractivity contribution < 1.29 is 4.84 Å². The highest BCUT2D eigenvalue weighted by molar-refractivity contribution is 9.12. The van der Waals surface area contributed by atoms with Gasteiger partial charge in [0.15, 0.2) is 0 Å². The van der Waals surface area contributed by atoms with Crippen LogP contribution in [0.4, 0.5) is 0 Å². The van der Waals surface area contributed by atoms with E-state index in [1.54, 1.807) is 6.21 Å². The third-order valence-electron chi connectivity index (χ3n) is 0.655. The molecule has 0 saturated carbocycles. The zero-order valence-electron chi connectivity index (χ0n) is 5.60. The Morgan fingerprint density at radius 1 is 1.78 bits per heavy atom. The van der Waals surface area contributed by atoms with Crippen molar-refractivity contribution in [3.8, 4) is 0 Å². The van der Waals surface area contributed by atoms with Crippen LogP contribution in [-0.2, 0) is 4.84 Å². The predicted molar refractivity (Wildman–Crippen MR) is 42.8 cm³/mol.